The molecule has 0 bridgehead atoms. The maximum atomic E-state index is 12.8. The lowest BCUT2D eigenvalue weighted by molar-refractivity contribution is -0.274. The summed E-state index contributed by atoms with van der Waals surface area (Å²) in [6.45, 7) is 3.66. The van der Waals surface area contributed by atoms with Crippen LogP contribution in [0.15, 0.2) is 83.9 Å². The Morgan fingerprint density at radius 2 is 1.66 bits per heavy atom. The molecule has 0 aliphatic carbocycles. The lowest BCUT2D eigenvalue weighted by Gasteiger charge is -2.25. The van der Waals surface area contributed by atoms with Gasteiger partial charge >= 0.3 is 12.3 Å². The van der Waals surface area contributed by atoms with Crippen molar-refractivity contribution in [3.8, 4) is 5.75 Å². The summed E-state index contributed by atoms with van der Waals surface area (Å²) in [7, 11) is 0. The first-order valence-corrected chi connectivity index (χ1v) is 12.4. The third-order valence-electron chi connectivity index (χ3n) is 5.43. The highest BCUT2D eigenvalue weighted by atomic mass is 32.2. The number of halogens is 3. The van der Waals surface area contributed by atoms with E-state index in [2.05, 4.69) is 9.72 Å². The number of benzene rings is 3. The minimum atomic E-state index is -4.79. The monoisotopic (exact) mass is 540 g/mol. The number of pyridine rings is 1. The molecule has 0 aliphatic heterocycles. The van der Waals surface area contributed by atoms with Gasteiger partial charge in [0.05, 0.1) is 24.3 Å². The largest absolute Gasteiger partial charge is 0.573 e. The summed E-state index contributed by atoms with van der Waals surface area (Å²) in [4.78, 5) is 30.2. The number of alkyl halides is 3. The van der Waals surface area contributed by atoms with Gasteiger partial charge in [0.15, 0.2) is 11.6 Å². The average Bonchev–Trinajstić information content (AvgIpc) is 2.88. The molecule has 1 aromatic heterocycles. The Morgan fingerprint density at radius 3 is 2.29 bits per heavy atom. The smallest absolute Gasteiger partial charge is 0.462 e. The lowest BCUT2D eigenvalue weighted by atomic mass is 10.0. The number of fused-ring (bicyclic) bond motifs is 1. The average molecular weight is 541 g/mol. The van der Waals surface area contributed by atoms with Crippen LogP contribution in [-0.4, -0.2) is 29.7 Å². The molecule has 4 rings (SSSR count). The number of hydrogen-bond donors (Lipinski definition) is 0. The van der Waals surface area contributed by atoms with E-state index in [1.807, 2.05) is 24.3 Å². The fraction of sp³-hybridized carbons (Fsp3) is 0.179. The second kappa shape index (κ2) is 11.6. The highest BCUT2D eigenvalue weighted by Crippen LogP contribution is 2.35. The van der Waals surface area contributed by atoms with Gasteiger partial charge in [-0.15, -0.1) is 13.2 Å². The van der Waals surface area contributed by atoms with Crippen LogP contribution in [0.3, 0.4) is 0 Å². The molecule has 196 valence electrons. The van der Waals surface area contributed by atoms with E-state index in [0.717, 1.165) is 15.7 Å². The van der Waals surface area contributed by atoms with Gasteiger partial charge in [0.1, 0.15) is 5.75 Å². The zero-order chi connectivity index (χ0) is 27.3. The van der Waals surface area contributed by atoms with Crippen LogP contribution >= 0.6 is 11.9 Å². The highest BCUT2D eigenvalue weighted by Gasteiger charge is 2.31. The molecule has 0 saturated heterocycles. The van der Waals surface area contributed by atoms with Crippen molar-refractivity contribution in [3.05, 3.63) is 95.7 Å². The van der Waals surface area contributed by atoms with E-state index in [4.69, 9.17) is 4.74 Å². The predicted octanol–water partition coefficient (Wildman–Crippen LogP) is 7.23. The second-order valence-electron chi connectivity index (χ2n) is 8.16. The molecule has 38 heavy (non-hydrogen) atoms. The van der Waals surface area contributed by atoms with Crippen molar-refractivity contribution in [1.82, 2.24) is 4.98 Å². The molecular weight excluding hydrogens is 517 g/mol. The molecule has 0 fully saturated rings. The van der Waals surface area contributed by atoms with E-state index in [-0.39, 0.29) is 24.7 Å². The Hall–Kier alpha value is -4.05. The van der Waals surface area contributed by atoms with E-state index in [0.29, 0.717) is 22.5 Å². The van der Waals surface area contributed by atoms with Gasteiger partial charge in [-0.1, -0.05) is 36.4 Å². The van der Waals surface area contributed by atoms with Crippen molar-refractivity contribution in [1.29, 1.82) is 0 Å². The Bertz CT molecular complexity index is 1440. The predicted molar refractivity (Wildman–Crippen MR) is 139 cm³/mol. The molecule has 0 N–H and O–H groups in total. The van der Waals surface area contributed by atoms with Gasteiger partial charge < -0.3 is 9.47 Å². The van der Waals surface area contributed by atoms with E-state index in [9.17, 15) is 22.8 Å². The van der Waals surface area contributed by atoms with Crippen LogP contribution < -0.4 is 9.04 Å². The number of hydrogen-bond acceptors (Lipinski definition) is 7. The number of aromatic nitrogens is 1. The third kappa shape index (κ3) is 6.63. The topological polar surface area (TPSA) is 68.7 Å². The molecule has 0 amide bonds. The van der Waals surface area contributed by atoms with Crippen LogP contribution in [0, 0.1) is 0 Å². The second-order valence-corrected chi connectivity index (χ2v) is 9.26. The van der Waals surface area contributed by atoms with Gasteiger partial charge in [0, 0.05) is 16.5 Å². The summed E-state index contributed by atoms with van der Waals surface area (Å²) in [6, 6.07) is 19.7. The molecule has 0 atom stereocenters. The van der Waals surface area contributed by atoms with Crippen molar-refractivity contribution < 1.29 is 32.2 Å². The van der Waals surface area contributed by atoms with Gasteiger partial charge in [-0.05, 0) is 73.1 Å². The Labute approximate surface area is 221 Å². The lowest BCUT2D eigenvalue weighted by Crippen LogP contribution is -2.19. The first-order chi connectivity index (χ1) is 18.1. The van der Waals surface area contributed by atoms with Crippen molar-refractivity contribution in [2.24, 2.45) is 0 Å². The van der Waals surface area contributed by atoms with E-state index < -0.39 is 12.3 Å². The van der Waals surface area contributed by atoms with Gasteiger partial charge in [-0.2, -0.15) is 0 Å². The number of ketones is 1. The van der Waals surface area contributed by atoms with Crippen LogP contribution in [0.5, 0.6) is 5.75 Å². The summed E-state index contributed by atoms with van der Waals surface area (Å²) in [5.74, 6) is -0.534. The molecule has 0 spiro atoms. The van der Waals surface area contributed by atoms with Crippen LogP contribution in [0.1, 0.15) is 40.1 Å². The first-order valence-electron chi connectivity index (χ1n) is 11.6. The molecule has 3 aromatic carbocycles. The number of Topliss-reactive ketones (excluding diaryl/α,β-unsaturated/α-hetero) is 1. The maximum Gasteiger partial charge on any atom is 0.573 e. The molecule has 0 radical (unpaired) electrons. The van der Waals surface area contributed by atoms with Crippen molar-refractivity contribution >= 4 is 40.3 Å². The molecule has 0 aliphatic rings. The number of ether oxygens (including phenoxy) is 2. The molecule has 0 saturated carbocycles. The summed E-state index contributed by atoms with van der Waals surface area (Å²) in [5, 5.41) is 1.54. The Balaban J connectivity index is 1.71. The minimum Gasteiger partial charge on any atom is -0.462 e. The molecule has 6 nitrogen and oxygen atoms in total. The standard InChI is InChI=1S/C28H23F3N2O4S/c1-3-36-27(35)20-10-14-23(15-11-20)38-33(17-19-8-12-22(13-9-19)37-28(29,30)31)26-25(18(2)34)24-7-5-4-6-21(24)16-32-26/h4-16H,3,17H2,1-2H3. The minimum absolute atomic E-state index is 0.179. The summed E-state index contributed by atoms with van der Waals surface area (Å²) in [6.07, 6.45) is -3.11. The third-order valence-corrected chi connectivity index (χ3v) is 6.44. The van der Waals surface area contributed by atoms with Crippen LogP contribution in [0.2, 0.25) is 0 Å². The highest BCUT2D eigenvalue weighted by molar-refractivity contribution is 8.00. The zero-order valence-electron chi connectivity index (χ0n) is 20.5. The number of anilines is 1. The number of rotatable bonds is 9. The molecule has 1 heterocycles. The summed E-state index contributed by atoms with van der Waals surface area (Å²) in [5.41, 5.74) is 1.49. The van der Waals surface area contributed by atoms with E-state index in [1.54, 1.807) is 41.7 Å². The number of esters is 1. The summed E-state index contributed by atoms with van der Waals surface area (Å²) < 4.78 is 48.5. The fourth-order valence-electron chi connectivity index (χ4n) is 3.80. The maximum absolute atomic E-state index is 12.8. The first kappa shape index (κ1) is 27.0. The summed E-state index contributed by atoms with van der Waals surface area (Å²) >= 11 is 1.28. The Kier molecular flexibility index (Phi) is 8.21. The van der Waals surface area contributed by atoms with Crippen LogP contribution in [0.25, 0.3) is 10.8 Å². The van der Waals surface area contributed by atoms with E-state index in [1.165, 1.54) is 43.1 Å². The zero-order valence-corrected chi connectivity index (χ0v) is 21.3. The number of carbonyl (C=O) groups is 2. The number of carbonyl (C=O) groups excluding carboxylic acids is 2. The van der Waals surface area contributed by atoms with Crippen molar-refractivity contribution in [2.75, 3.05) is 10.9 Å². The van der Waals surface area contributed by atoms with Gasteiger partial charge in [0.2, 0.25) is 0 Å². The van der Waals surface area contributed by atoms with Gasteiger partial charge in [0.25, 0.3) is 0 Å². The quantitative estimate of drug-likeness (QED) is 0.126. The SMILES string of the molecule is CCOC(=O)c1ccc(SN(Cc2ccc(OC(F)(F)F)cc2)c2ncc3ccccc3c2C(C)=O)cc1. The molecule has 10 heteroatoms. The molecule has 0 unspecified atom stereocenters. The fourth-order valence-corrected chi connectivity index (χ4v) is 4.75. The van der Waals surface area contributed by atoms with Crippen molar-refractivity contribution in [3.63, 3.8) is 0 Å². The van der Waals surface area contributed by atoms with Gasteiger partial charge in [-0.25, -0.2) is 9.78 Å². The van der Waals surface area contributed by atoms with Crippen LogP contribution in [0.4, 0.5) is 19.0 Å². The Morgan fingerprint density at radius 1 is 0.974 bits per heavy atom. The van der Waals surface area contributed by atoms with E-state index >= 15 is 0 Å². The van der Waals surface area contributed by atoms with Crippen LogP contribution in [-0.2, 0) is 11.3 Å². The number of nitrogens with zero attached hydrogens (tertiary/aromatic N) is 2. The molecule has 4 aromatic rings. The van der Waals surface area contributed by atoms with Gasteiger partial charge in [-0.3, -0.25) is 9.10 Å². The normalized spacial score (nSPS) is 11.3. The molecular formula is C28H23F3N2O4S. The van der Waals surface area contributed by atoms with Crippen molar-refractivity contribution in [2.45, 2.75) is 31.7 Å².